The van der Waals surface area contributed by atoms with Gasteiger partial charge in [0.1, 0.15) is 0 Å². The maximum atomic E-state index is 12.7. The molecule has 7 heteroatoms. The van der Waals surface area contributed by atoms with Gasteiger partial charge in [0, 0.05) is 10.0 Å². The molecule has 0 fully saturated rings. The second-order valence-corrected chi connectivity index (χ2v) is 4.71. The lowest BCUT2D eigenvalue weighted by atomic mass is 10.1. The van der Waals surface area contributed by atoms with Gasteiger partial charge in [-0.1, -0.05) is 22.0 Å². The fourth-order valence-corrected chi connectivity index (χ4v) is 1.93. The molecule has 0 saturated carbocycles. The van der Waals surface area contributed by atoms with Gasteiger partial charge in [0.05, 0.1) is 0 Å². The largest absolute Gasteiger partial charge is 0.475 e. The van der Waals surface area contributed by atoms with Crippen LogP contribution >= 0.6 is 15.9 Å². The van der Waals surface area contributed by atoms with Gasteiger partial charge in [-0.25, -0.2) is 18.6 Å². The van der Waals surface area contributed by atoms with E-state index in [1.807, 2.05) is 0 Å². The Bertz CT molecular complexity index is 640. The lowest BCUT2D eigenvalue weighted by molar-refractivity contribution is 0.0647. The van der Waals surface area contributed by atoms with Crippen LogP contribution in [0, 0.1) is 6.92 Å². The van der Waals surface area contributed by atoms with Crippen LogP contribution in [0.5, 0.6) is 0 Å². The van der Waals surface area contributed by atoms with E-state index in [9.17, 15) is 13.6 Å². The summed E-state index contributed by atoms with van der Waals surface area (Å²) in [6.45, 7) is 1.74. The Hall–Kier alpha value is -1.76. The summed E-state index contributed by atoms with van der Waals surface area (Å²) in [5, 5.41) is 8.82. The van der Waals surface area contributed by atoms with Gasteiger partial charge in [-0.2, -0.15) is 0 Å². The van der Waals surface area contributed by atoms with Crippen molar-refractivity contribution in [1.29, 1.82) is 0 Å². The van der Waals surface area contributed by atoms with Crippen LogP contribution in [0.15, 0.2) is 27.1 Å². The van der Waals surface area contributed by atoms with E-state index in [1.165, 1.54) is 0 Å². The number of aromatic carboxylic acids is 1. The van der Waals surface area contributed by atoms with Gasteiger partial charge in [-0.05, 0) is 24.6 Å². The summed E-state index contributed by atoms with van der Waals surface area (Å²) in [5.41, 5.74) is 0.341. The molecule has 1 aromatic heterocycles. The highest BCUT2D eigenvalue weighted by Crippen LogP contribution is 2.31. The number of hydrogen-bond acceptors (Lipinski definition) is 3. The van der Waals surface area contributed by atoms with Gasteiger partial charge < -0.3 is 9.52 Å². The minimum atomic E-state index is -3.00. The average Bonchev–Trinajstić information content (AvgIpc) is 2.77. The van der Waals surface area contributed by atoms with Gasteiger partial charge in [0.25, 0.3) is 6.43 Å². The smallest absolute Gasteiger partial charge is 0.374 e. The number of rotatable bonds is 3. The van der Waals surface area contributed by atoms with E-state index in [1.54, 1.807) is 25.1 Å². The lowest BCUT2D eigenvalue weighted by Gasteiger charge is -2.01. The van der Waals surface area contributed by atoms with E-state index in [4.69, 9.17) is 9.52 Å². The number of aryl methyl sites for hydroxylation is 1. The SMILES string of the molecule is Cc1ccc(Br)cc1-c1nc(C(F)F)c(C(=O)O)o1. The summed E-state index contributed by atoms with van der Waals surface area (Å²) in [7, 11) is 0. The zero-order valence-electron chi connectivity index (χ0n) is 9.65. The zero-order valence-corrected chi connectivity index (χ0v) is 11.2. The molecule has 0 atom stereocenters. The molecule has 1 N–H and O–H groups in total. The predicted octanol–water partition coefficient (Wildman–Crippen LogP) is 4.05. The molecular weight excluding hydrogens is 324 g/mol. The first-order chi connectivity index (χ1) is 8.90. The molecule has 0 bridgehead atoms. The summed E-state index contributed by atoms with van der Waals surface area (Å²) < 4.78 is 31.1. The molecule has 0 amide bonds. The molecule has 4 nitrogen and oxygen atoms in total. The third kappa shape index (κ3) is 2.65. The Morgan fingerprint density at radius 2 is 2.16 bits per heavy atom. The van der Waals surface area contributed by atoms with Crippen molar-refractivity contribution in [3.8, 4) is 11.5 Å². The molecule has 0 spiro atoms. The molecule has 19 heavy (non-hydrogen) atoms. The third-order valence-electron chi connectivity index (χ3n) is 2.48. The number of alkyl halides is 2. The Labute approximate surface area is 115 Å². The maximum absolute atomic E-state index is 12.7. The van der Waals surface area contributed by atoms with Gasteiger partial charge in [0.2, 0.25) is 11.7 Å². The average molecular weight is 332 g/mol. The Morgan fingerprint density at radius 1 is 1.47 bits per heavy atom. The maximum Gasteiger partial charge on any atom is 0.374 e. The molecule has 0 aliphatic carbocycles. The van der Waals surface area contributed by atoms with Crippen molar-refractivity contribution in [2.75, 3.05) is 0 Å². The summed E-state index contributed by atoms with van der Waals surface area (Å²) in [5.74, 6) is -2.53. The van der Waals surface area contributed by atoms with Crippen molar-refractivity contribution in [1.82, 2.24) is 4.98 Å². The molecule has 0 aliphatic rings. The lowest BCUT2D eigenvalue weighted by Crippen LogP contribution is -1.99. The van der Waals surface area contributed by atoms with Crippen LogP contribution in [-0.2, 0) is 0 Å². The third-order valence-corrected chi connectivity index (χ3v) is 2.98. The highest BCUT2D eigenvalue weighted by molar-refractivity contribution is 9.10. The topological polar surface area (TPSA) is 63.3 Å². The number of oxazole rings is 1. The fraction of sp³-hybridized carbons (Fsp3) is 0.167. The van der Waals surface area contributed by atoms with E-state index in [0.717, 1.165) is 5.56 Å². The number of carboxylic acids is 1. The highest BCUT2D eigenvalue weighted by Gasteiger charge is 2.27. The first-order valence-electron chi connectivity index (χ1n) is 5.19. The van der Waals surface area contributed by atoms with E-state index < -0.39 is 23.8 Å². The molecule has 0 aliphatic heterocycles. The molecule has 2 aromatic rings. The predicted molar refractivity (Wildman–Crippen MR) is 66.3 cm³/mol. The van der Waals surface area contributed by atoms with Crippen molar-refractivity contribution < 1.29 is 23.1 Å². The minimum Gasteiger partial charge on any atom is -0.475 e. The second kappa shape index (κ2) is 5.08. The molecule has 0 saturated heterocycles. The van der Waals surface area contributed by atoms with Crippen LogP contribution in [0.4, 0.5) is 8.78 Å². The molecule has 0 unspecified atom stereocenters. The number of benzene rings is 1. The first-order valence-corrected chi connectivity index (χ1v) is 5.98. The summed E-state index contributed by atoms with van der Waals surface area (Å²) in [6, 6.07) is 5.14. The fourth-order valence-electron chi connectivity index (χ4n) is 1.57. The van der Waals surface area contributed by atoms with Gasteiger partial charge in [0.15, 0.2) is 5.69 Å². The molecule has 1 heterocycles. The number of halogens is 3. The van der Waals surface area contributed by atoms with Crippen LogP contribution in [0.2, 0.25) is 0 Å². The van der Waals surface area contributed by atoms with Crippen molar-refractivity contribution in [3.63, 3.8) is 0 Å². The highest BCUT2D eigenvalue weighted by atomic mass is 79.9. The summed E-state index contributed by atoms with van der Waals surface area (Å²) in [6.07, 6.45) is -3.00. The normalized spacial score (nSPS) is 11.0. The number of carbonyl (C=O) groups is 1. The van der Waals surface area contributed by atoms with Crippen molar-refractivity contribution in [2.24, 2.45) is 0 Å². The summed E-state index contributed by atoms with van der Waals surface area (Å²) in [4.78, 5) is 14.4. The van der Waals surface area contributed by atoms with Gasteiger partial charge in [-0.3, -0.25) is 0 Å². The first kappa shape index (κ1) is 13.7. The Kier molecular flexibility index (Phi) is 3.66. The summed E-state index contributed by atoms with van der Waals surface area (Å²) >= 11 is 3.24. The van der Waals surface area contributed by atoms with Crippen molar-refractivity contribution in [3.05, 3.63) is 39.7 Å². The van der Waals surface area contributed by atoms with Crippen molar-refractivity contribution in [2.45, 2.75) is 13.3 Å². The van der Waals surface area contributed by atoms with Gasteiger partial charge >= 0.3 is 5.97 Å². The number of carboxylic acid groups (broad SMARTS) is 1. The minimum absolute atomic E-state index is 0.133. The second-order valence-electron chi connectivity index (χ2n) is 3.80. The van der Waals surface area contributed by atoms with E-state index in [-0.39, 0.29) is 5.89 Å². The van der Waals surface area contributed by atoms with E-state index >= 15 is 0 Å². The molecule has 100 valence electrons. The molecular formula is C12H8BrF2NO3. The Balaban J connectivity index is 2.60. The zero-order chi connectivity index (χ0) is 14.2. The van der Waals surface area contributed by atoms with Crippen molar-refractivity contribution >= 4 is 21.9 Å². The van der Waals surface area contributed by atoms with Gasteiger partial charge in [-0.15, -0.1) is 0 Å². The van der Waals surface area contributed by atoms with Crippen LogP contribution in [0.3, 0.4) is 0 Å². The molecule has 1 aromatic carbocycles. The number of aromatic nitrogens is 1. The molecule has 2 rings (SSSR count). The standard InChI is InChI=1S/C12H8BrF2NO3/c1-5-2-3-6(13)4-7(5)11-16-8(10(14)15)9(19-11)12(17)18/h2-4,10H,1H3,(H,17,18). The van der Waals surface area contributed by atoms with Crippen LogP contribution in [-0.4, -0.2) is 16.1 Å². The van der Waals surface area contributed by atoms with Crippen LogP contribution in [0.1, 0.15) is 28.2 Å². The van der Waals surface area contributed by atoms with Crippen LogP contribution < -0.4 is 0 Å². The Morgan fingerprint density at radius 3 is 2.68 bits per heavy atom. The molecule has 0 radical (unpaired) electrons. The quantitative estimate of drug-likeness (QED) is 0.921. The van der Waals surface area contributed by atoms with Crippen LogP contribution in [0.25, 0.3) is 11.5 Å². The van der Waals surface area contributed by atoms with E-state index in [2.05, 4.69) is 20.9 Å². The number of nitrogens with zero attached hydrogens (tertiary/aromatic N) is 1. The number of hydrogen-bond donors (Lipinski definition) is 1. The van der Waals surface area contributed by atoms with E-state index in [0.29, 0.717) is 10.0 Å². The monoisotopic (exact) mass is 331 g/mol.